The first kappa shape index (κ1) is 17.5. The van der Waals surface area contributed by atoms with Crippen LogP contribution in [-0.4, -0.2) is 37.9 Å². The molecule has 0 spiro atoms. The molecule has 3 aromatic rings. The molecule has 1 aromatic carbocycles. The third-order valence-electron chi connectivity index (χ3n) is 3.81. The smallest absolute Gasteiger partial charge is 0.271 e. The van der Waals surface area contributed by atoms with Gasteiger partial charge < -0.3 is 9.47 Å². The van der Waals surface area contributed by atoms with Crippen LogP contribution in [0.25, 0.3) is 10.9 Å². The van der Waals surface area contributed by atoms with Gasteiger partial charge in [0.15, 0.2) is 0 Å². The number of likely N-dealkylation sites (N-methyl/N-ethyl adjacent to an activating group) is 1. The van der Waals surface area contributed by atoms with Crippen molar-refractivity contribution < 1.29 is 13.2 Å². The monoisotopic (exact) mass is 377 g/mol. The standard InChI is InChI=1S/C17H19N3O3S2/c1-12-4-7-17(24-12)25(22,23)18-14-5-6-15-13(10-14)8-9-20(15)11-16(21)19(2)3/h4-10,18H,11H2,1-3H3. The Labute approximate surface area is 150 Å². The highest BCUT2D eigenvalue weighted by molar-refractivity contribution is 7.94. The van der Waals surface area contributed by atoms with Gasteiger partial charge in [-0.05, 0) is 43.3 Å². The third kappa shape index (κ3) is 3.69. The Morgan fingerprint density at radius 1 is 1.20 bits per heavy atom. The van der Waals surface area contributed by atoms with Crippen LogP contribution in [0, 0.1) is 6.92 Å². The zero-order valence-electron chi connectivity index (χ0n) is 14.2. The summed E-state index contributed by atoms with van der Waals surface area (Å²) in [6, 6.07) is 10.5. The van der Waals surface area contributed by atoms with Crippen molar-refractivity contribution in [1.82, 2.24) is 9.47 Å². The molecule has 0 saturated heterocycles. The van der Waals surface area contributed by atoms with E-state index in [-0.39, 0.29) is 12.5 Å². The zero-order chi connectivity index (χ0) is 18.2. The van der Waals surface area contributed by atoms with E-state index >= 15 is 0 Å². The molecule has 0 aliphatic rings. The molecular weight excluding hydrogens is 358 g/mol. The summed E-state index contributed by atoms with van der Waals surface area (Å²) in [5.41, 5.74) is 1.38. The molecule has 0 radical (unpaired) electrons. The summed E-state index contributed by atoms with van der Waals surface area (Å²) < 4.78 is 29.6. The molecule has 2 aromatic heterocycles. The van der Waals surface area contributed by atoms with Gasteiger partial charge in [-0.3, -0.25) is 9.52 Å². The lowest BCUT2D eigenvalue weighted by Crippen LogP contribution is -2.25. The van der Waals surface area contributed by atoms with Gasteiger partial charge in [0.05, 0.1) is 0 Å². The number of rotatable bonds is 5. The number of thiophene rings is 1. The molecule has 1 N–H and O–H groups in total. The number of carbonyl (C=O) groups excluding carboxylic acids is 1. The average molecular weight is 377 g/mol. The number of benzene rings is 1. The number of aromatic nitrogens is 1. The normalized spacial score (nSPS) is 11.6. The highest BCUT2D eigenvalue weighted by atomic mass is 32.2. The highest BCUT2D eigenvalue weighted by Crippen LogP contribution is 2.26. The molecule has 25 heavy (non-hydrogen) atoms. The minimum atomic E-state index is -3.58. The molecule has 1 amide bonds. The van der Waals surface area contributed by atoms with Crippen LogP contribution < -0.4 is 4.72 Å². The Kier molecular flexibility index (Phi) is 4.57. The van der Waals surface area contributed by atoms with Gasteiger partial charge in [-0.15, -0.1) is 11.3 Å². The van der Waals surface area contributed by atoms with Gasteiger partial charge in [-0.1, -0.05) is 0 Å². The first-order valence-electron chi connectivity index (χ1n) is 7.64. The second-order valence-corrected chi connectivity index (χ2v) is 9.17. The molecule has 0 saturated carbocycles. The number of nitrogens with zero attached hydrogens (tertiary/aromatic N) is 2. The van der Waals surface area contributed by atoms with E-state index < -0.39 is 10.0 Å². The zero-order valence-corrected chi connectivity index (χ0v) is 15.8. The molecule has 2 heterocycles. The number of anilines is 1. The molecule has 0 aliphatic heterocycles. The van der Waals surface area contributed by atoms with Gasteiger partial charge in [-0.25, -0.2) is 8.42 Å². The van der Waals surface area contributed by atoms with Crippen LogP contribution in [0.4, 0.5) is 5.69 Å². The number of hydrogen-bond acceptors (Lipinski definition) is 4. The van der Waals surface area contributed by atoms with E-state index in [1.807, 2.05) is 29.8 Å². The second-order valence-electron chi connectivity index (χ2n) is 5.98. The summed E-state index contributed by atoms with van der Waals surface area (Å²) in [4.78, 5) is 14.4. The van der Waals surface area contributed by atoms with Crippen LogP contribution in [0.15, 0.2) is 46.8 Å². The molecule has 132 valence electrons. The maximum Gasteiger partial charge on any atom is 0.271 e. The van der Waals surface area contributed by atoms with Crippen molar-refractivity contribution in [2.45, 2.75) is 17.7 Å². The summed E-state index contributed by atoms with van der Waals surface area (Å²) in [7, 11) is -0.153. The maximum atomic E-state index is 12.4. The number of nitrogens with one attached hydrogen (secondary N) is 1. The number of fused-ring (bicyclic) bond motifs is 1. The van der Waals surface area contributed by atoms with E-state index in [1.54, 1.807) is 38.4 Å². The highest BCUT2D eigenvalue weighted by Gasteiger charge is 2.17. The summed E-state index contributed by atoms with van der Waals surface area (Å²) >= 11 is 1.23. The van der Waals surface area contributed by atoms with E-state index in [2.05, 4.69) is 4.72 Å². The van der Waals surface area contributed by atoms with Crippen LogP contribution in [0.5, 0.6) is 0 Å². The SMILES string of the molecule is Cc1ccc(S(=O)(=O)Nc2ccc3c(ccn3CC(=O)N(C)C)c2)s1. The fraction of sp³-hybridized carbons (Fsp3) is 0.235. The van der Waals surface area contributed by atoms with Crippen molar-refractivity contribution in [3.63, 3.8) is 0 Å². The molecule has 0 bridgehead atoms. The lowest BCUT2D eigenvalue weighted by atomic mass is 10.2. The van der Waals surface area contributed by atoms with Crippen LogP contribution in [0.3, 0.4) is 0 Å². The quantitative estimate of drug-likeness (QED) is 0.743. The van der Waals surface area contributed by atoms with E-state index in [0.717, 1.165) is 15.8 Å². The lowest BCUT2D eigenvalue weighted by molar-refractivity contribution is -0.129. The first-order valence-corrected chi connectivity index (χ1v) is 9.94. The molecular formula is C17H19N3O3S2. The van der Waals surface area contributed by atoms with Gasteiger partial charge in [0.1, 0.15) is 10.8 Å². The fourth-order valence-electron chi connectivity index (χ4n) is 2.45. The first-order chi connectivity index (χ1) is 11.8. The Morgan fingerprint density at radius 3 is 2.60 bits per heavy atom. The molecule has 3 rings (SSSR count). The van der Waals surface area contributed by atoms with Crippen LogP contribution in [0.2, 0.25) is 0 Å². The molecule has 0 aliphatic carbocycles. The van der Waals surface area contributed by atoms with Gasteiger partial charge in [0.25, 0.3) is 10.0 Å². The Balaban J connectivity index is 1.86. The van der Waals surface area contributed by atoms with Gasteiger partial charge >= 0.3 is 0 Å². The van der Waals surface area contributed by atoms with Crippen molar-refractivity contribution in [3.05, 3.63) is 47.5 Å². The summed E-state index contributed by atoms with van der Waals surface area (Å²) in [5.74, 6) is -0.00431. The summed E-state index contributed by atoms with van der Waals surface area (Å²) in [5, 5.41) is 0.870. The predicted octanol–water partition coefficient (Wildman–Crippen LogP) is 2.90. The van der Waals surface area contributed by atoms with E-state index in [9.17, 15) is 13.2 Å². The van der Waals surface area contributed by atoms with E-state index in [1.165, 1.54) is 16.2 Å². The number of sulfonamides is 1. The minimum absolute atomic E-state index is 0.00431. The molecule has 0 atom stereocenters. The van der Waals surface area contributed by atoms with Crippen molar-refractivity contribution >= 4 is 43.9 Å². The van der Waals surface area contributed by atoms with Crippen LogP contribution in [0.1, 0.15) is 4.88 Å². The molecule has 6 nitrogen and oxygen atoms in total. The molecule has 0 unspecified atom stereocenters. The number of aryl methyl sites for hydroxylation is 1. The van der Waals surface area contributed by atoms with Crippen molar-refractivity contribution in [1.29, 1.82) is 0 Å². The number of amides is 1. The largest absolute Gasteiger partial charge is 0.347 e. The number of carbonyl (C=O) groups is 1. The van der Waals surface area contributed by atoms with Crippen LogP contribution in [-0.2, 0) is 21.4 Å². The van der Waals surface area contributed by atoms with Crippen molar-refractivity contribution in [2.24, 2.45) is 0 Å². The second kappa shape index (κ2) is 6.53. The number of hydrogen-bond donors (Lipinski definition) is 1. The minimum Gasteiger partial charge on any atom is -0.347 e. The van der Waals surface area contributed by atoms with Crippen molar-refractivity contribution in [2.75, 3.05) is 18.8 Å². The van der Waals surface area contributed by atoms with Crippen molar-refractivity contribution in [3.8, 4) is 0 Å². The predicted molar refractivity (Wildman–Crippen MR) is 100 cm³/mol. The Morgan fingerprint density at radius 2 is 1.96 bits per heavy atom. The van der Waals surface area contributed by atoms with E-state index in [4.69, 9.17) is 0 Å². The fourth-order valence-corrected chi connectivity index (χ4v) is 4.78. The van der Waals surface area contributed by atoms with Gasteiger partial charge in [0, 0.05) is 41.8 Å². The summed E-state index contributed by atoms with van der Waals surface area (Å²) in [6.07, 6.45) is 1.83. The van der Waals surface area contributed by atoms with Gasteiger partial charge in [0.2, 0.25) is 5.91 Å². The Hall–Kier alpha value is -2.32. The lowest BCUT2D eigenvalue weighted by Gasteiger charge is -2.12. The molecule has 8 heteroatoms. The third-order valence-corrected chi connectivity index (χ3v) is 6.68. The maximum absolute atomic E-state index is 12.4. The van der Waals surface area contributed by atoms with Gasteiger partial charge in [-0.2, -0.15) is 0 Å². The van der Waals surface area contributed by atoms with E-state index in [0.29, 0.717) is 9.90 Å². The topological polar surface area (TPSA) is 71.4 Å². The average Bonchev–Trinajstić information content (AvgIpc) is 3.14. The Bertz CT molecular complexity index is 1030. The molecule has 0 fully saturated rings. The van der Waals surface area contributed by atoms with Crippen LogP contribution >= 0.6 is 11.3 Å². The summed E-state index contributed by atoms with van der Waals surface area (Å²) in [6.45, 7) is 2.11.